The number of aryl methyl sites for hydroxylation is 1. The Bertz CT molecular complexity index is 1420. The van der Waals surface area contributed by atoms with Crippen molar-refractivity contribution in [2.75, 3.05) is 0 Å². The lowest BCUT2D eigenvalue weighted by atomic mass is 10.2. The number of benzene rings is 1. The van der Waals surface area contributed by atoms with Crippen molar-refractivity contribution in [2.24, 2.45) is 0 Å². The van der Waals surface area contributed by atoms with E-state index in [0.717, 1.165) is 12.8 Å². The zero-order chi connectivity index (χ0) is 28.4. The molecular formula is C24H24F6N8O. The predicted octanol–water partition coefficient (Wildman–Crippen LogP) is 5.66. The highest BCUT2D eigenvalue weighted by Gasteiger charge is 2.45. The number of hydrogen-bond donors (Lipinski definition) is 1. The molecule has 0 aliphatic heterocycles. The van der Waals surface area contributed by atoms with Crippen molar-refractivity contribution in [3.05, 3.63) is 58.8 Å². The molecule has 3 aromatic heterocycles. The maximum absolute atomic E-state index is 13.9. The van der Waals surface area contributed by atoms with E-state index in [-0.39, 0.29) is 29.9 Å². The van der Waals surface area contributed by atoms with Crippen molar-refractivity contribution in [1.29, 1.82) is 0 Å². The highest BCUT2D eigenvalue weighted by Crippen LogP contribution is 2.44. The van der Waals surface area contributed by atoms with Crippen molar-refractivity contribution in [2.45, 2.75) is 64.8 Å². The van der Waals surface area contributed by atoms with Crippen LogP contribution < -0.4 is 0 Å². The molecule has 0 aliphatic carbocycles. The van der Waals surface area contributed by atoms with E-state index < -0.39 is 35.1 Å². The molecule has 0 unspecified atom stereocenters. The maximum atomic E-state index is 13.9. The third kappa shape index (κ3) is 6.01. The van der Waals surface area contributed by atoms with Crippen molar-refractivity contribution in [3.63, 3.8) is 0 Å². The van der Waals surface area contributed by atoms with E-state index in [9.17, 15) is 31.1 Å². The number of halogens is 6. The Morgan fingerprint density at radius 2 is 1.72 bits per heavy atom. The summed E-state index contributed by atoms with van der Waals surface area (Å²) in [6, 6.07) is 5.51. The lowest BCUT2D eigenvalue weighted by Gasteiger charge is -2.15. The number of tetrazole rings is 1. The fourth-order valence-electron chi connectivity index (χ4n) is 4.09. The minimum absolute atomic E-state index is 0.0316. The molecule has 0 atom stereocenters. The summed E-state index contributed by atoms with van der Waals surface area (Å²) in [7, 11) is 0. The van der Waals surface area contributed by atoms with E-state index in [1.807, 2.05) is 19.1 Å². The highest BCUT2D eigenvalue weighted by atomic mass is 19.4. The summed E-state index contributed by atoms with van der Waals surface area (Å²) in [5.41, 5.74) is -3.58. The predicted molar refractivity (Wildman–Crippen MR) is 126 cm³/mol. The smallest absolute Gasteiger partial charge is 0.302 e. The summed E-state index contributed by atoms with van der Waals surface area (Å²) in [5.74, 6) is -0.133. The van der Waals surface area contributed by atoms with Crippen LogP contribution in [-0.2, 0) is 25.3 Å². The lowest BCUT2D eigenvalue weighted by Crippen LogP contribution is -2.14. The van der Waals surface area contributed by atoms with Crippen molar-refractivity contribution >= 4 is 5.78 Å². The van der Waals surface area contributed by atoms with E-state index in [1.165, 1.54) is 24.3 Å². The van der Waals surface area contributed by atoms with E-state index in [0.29, 0.717) is 35.2 Å². The molecule has 4 aromatic rings. The molecule has 208 valence electrons. The van der Waals surface area contributed by atoms with Gasteiger partial charge in [-0.15, -0.1) is 15.3 Å². The molecule has 15 heteroatoms. The third-order valence-electron chi connectivity index (χ3n) is 5.91. The van der Waals surface area contributed by atoms with Gasteiger partial charge in [-0.2, -0.15) is 31.6 Å². The van der Waals surface area contributed by atoms with Gasteiger partial charge in [0.15, 0.2) is 0 Å². The van der Waals surface area contributed by atoms with E-state index >= 15 is 0 Å². The summed E-state index contributed by atoms with van der Waals surface area (Å²) >= 11 is 0. The van der Waals surface area contributed by atoms with Crippen LogP contribution in [0.2, 0.25) is 0 Å². The molecule has 4 rings (SSSR count). The minimum Gasteiger partial charge on any atom is -0.302 e. The van der Waals surface area contributed by atoms with Gasteiger partial charge < -0.3 is 4.57 Å². The second-order valence-corrected chi connectivity index (χ2v) is 8.81. The first-order valence-electron chi connectivity index (χ1n) is 12.1. The Labute approximate surface area is 218 Å². The first kappa shape index (κ1) is 28.0. The highest BCUT2D eigenvalue weighted by molar-refractivity contribution is 5.92. The number of carbonyl (C=O) groups excluding carboxylic acids is 1. The molecule has 0 saturated carbocycles. The zero-order valence-electron chi connectivity index (χ0n) is 20.9. The van der Waals surface area contributed by atoms with Crippen LogP contribution in [0.5, 0.6) is 0 Å². The molecule has 0 aliphatic rings. The number of nitrogens with zero attached hydrogens (tertiary/aromatic N) is 7. The van der Waals surface area contributed by atoms with Gasteiger partial charge >= 0.3 is 12.4 Å². The summed E-state index contributed by atoms with van der Waals surface area (Å²) < 4.78 is 85.0. The number of Topliss-reactive ketones (excluding diaryl/α,β-unsaturated/α-hetero) is 1. The molecule has 3 heterocycles. The molecule has 1 aromatic carbocycles. The van der Waals surface area contributed by atoms with Crippen LogP contribution in [0.4, 0.5) is 26.3 Å². The van der Waals surface area contributed by atoms with Crippen LogP contribution in [0.25, 0.3) is 17.2 Å². The van der Waals surface area contributed by atoms with Gasteiger partial charge in [-0.3, -0.25) is 4.79 Å². The monoisotopic (exact) mass is 554 g/mol. The fourth-order valence-corrected chi connectivity index (χ4v) is 4.09. The number of alkyl halides is 6. The molecule has 0 bridgehead atoms. The minimum atomic E-state index is -5.12. The van der Waals surface area contributed by atoms with Crippen LogP contribution in [0.3, 0.4) is 0 Å². The third-order valence-corrected chi connectivity index (χ3v) is 5.91. The Morgan fingerprint density at radius 3 is 2.28 bits per heavy atom. The number of H-pyrrole nitrogens is 1. The second kappa shape index (κ2) is 11.0. The molecule has 0 fully saturated rings. The largest absolute Gasteiger partial charge is 0.431 e. The lowest BCUT2D eigenvalue weighted by molar-refractivity contribution is -0.143. The van der Waals surface area contributed by atoms with Crippen molar-refractivity contribution < 1.29 is 31.1 Å². The number of unbranched alkanes of at least 4 members (excludes halogenated alkanes) is 1. The van der Waals surface area contributed by atoms with E-state index in [2.05, 4.69) is 25.5 Å². The van der Waals surface area contributed by atoms with Gasteiger partial charge in [0.05, 0.1) is 12.1 Å². The van der Waals surface area contributed by atoms with Crippen LogP contribution >= 0.6 is 0 Å². The number of rotatable bonds is 10. The number of ketones is 1. The molecular weight excluding hydrogens is 530 g/mol. The molecule has 39 heavy (non-hydrogen) atoms. The quantitative estimate of drug-likeness (QED) is 0.200. The molecule has 0 saturated heterocycles. The first-order chi connectivity index (χ1) is 18.4. The zero-order valence-corrected chi connectivity index (χ0v) is 20.9. The van der Waals surface area contributed by atoms with Gasteiger partial charge in [-0.25, -0.2) is 9.67 Å². The Morgan fingerprint density at radius 1 is 1.00 bits per heavy atom. The Hall–Kier alpha value is -4.04. The van der Waals surface area contributed by atoms with Gasteiger partial charge in [0.2, 0.25) is 17.4 Å². The normalized spacial score (nSPS) is 12.3. The summed E-state index contributed by atoms with van der Waals surface area (Å²) in [5, 5.41) is 16.5. The van der Waals surface area contributed by atoms with Crippen LogP contribution in [-0.4, -0.2) is 45.7 Å². The SMILES string of the molecule is CCCCc1nc(C(=O)CCC)nn1Cc1ccc(-n2c(C(F)(F)F)cc(C(F)(F)F)c2-c2nn[nH]n2)cc1. The van der Waals surface area contributed by atoms with Gasteiger partial charge in [-0.1, -0.05) is 32.4 Å². The number of hydrogen-bond acceptors (Lipinski definition) is 6. The van der Waals surface area contributed by atoms with Crippen LogP contribution in [0, 0.1) is 0 Å². The second-order valence-electron chi connectivity index (χ2n) is 8.81. The standard InChI is InChI=1S/C24H24F6N8O/c1-3-5-7-19-31-21(17(39)6-4-2)34-37(19)13-14-8-10-15(11-9-14)38-18(24(28,29)30)12-16(23(25,26)27)20(38)22-32-35-36-33-22/h8-12H,3-7,13H2,1-2H3,(H,32,33,35,36). The van der Waals surface area contributed by atoms with Crippen LogP contribution in [0.1, 0.15) is 72.8 Å². The van der Waals surface area contributed by atoms with Gasteiger partial charge in [0, 0.05) is 18.5 Å². The van der Waals surface area contributed by atoms with Crippen molar-refractivity contribution in [3.8, 4) is 17.2 Å². The molecule has 0 spiro atoms. The van der Waals surface area contributed by atoms with E-state index in [4.69, 9.17) is 0 Å². The van der Waals surface area contributed by atoms with E-state index in [1.54, 1.807) is 4.68 Å². The Balaban J connectivity index is 1.75. The topological polar surface area (TPSA) is 107 Å². The number of carbonyl (C=O) groups is 1. The molecule has 0 amide bonds. The van der Waals surface area contributed by atoms with Crippen molar-refractivity contribution in [1.82, 2.24) is 40.0 Å². The Kier molecular flexibility index (Phi) is 7.88. The average Bonchev–Trinajstić information content (AvgIpc) is 3.61. The molecule has 1 N–H and O–H groups in total. The van der Waals surface area contributed by atoms with Gasteiger partial charge in [-0.05, 0) is 41.8 Å². The number of nitrogens with one attached hydrogen (secondary N) is 1. The first-order valence-corrected chi connectivity index (χ1v) is 12.1. The van der Waals surface area contributed by atoms with Gasteiger partial charge in [0.25, 0.3) is 0 Å². The summed E-state index contributed by atoms with van der Waals surface area (Å²) in [4.78, 5) is 16.7. The molecule has 0 radical (unpaired) electrons. The number of aromatic amines is 1. The number of aromatic nitrogens is 8. The van der Waals surface area contributed by atoms with Gasteiger partial charge in [0.1, 0.15) is 17.2 Å². The van der Waals surface area contributed by atoms with Crippen LogP contribution in [0.15, 0.2) is 30.3 Å². The molecule has 9 nitrogen and oxygen atoms in total. The summed E-state index contributed by atoms with van der Waals surface area (Å²) in [6.07, 6.45) is -7.01. The average molecular weight is 554 g/mol. The summed E-state index contributed by atoms with van der Waals surface area (Å²) in [6.45, 7) is 4.03. The maximum Gasteiger partial charge on any atom is 0.431 e. The fraction of sp³-hybridized carbons (Fsp3) is 0.417.